The van der Waals surface area contributed by atoms with Crippen LogP contribution in [0.5, 0.6) is 0 Å². The number of aryl methyl sites for hydroxylation is 2. The fourth-order valence-corrected chi connectivity index (χ4v) is 4.78. The zero-order chi connectivity index (χ0) is 20.2. The zero-order valence-electron chi connectivity index (χ0n) is 15.7. The molecule has 1 heterocycles. The Kier molecular flexibility index (Phi) is 6.91. The van der Waals surface area contributed by atoms with E-state index in [1.807, 2.05) is 19.1 Å². The molecule has 2 rings (SSSR count). The van der Waals surface area contributed by atoms with Crippen LogP contribution in [0.4, 0.5) is 0 Å². The SMILES string of the molecule is Cc1ccc(C)c(C(=O)COC(=O)[C@H](NS(=O)(=O)c2cccs2)C(C)C)c1. The fourth-order valence-electron chi connectivity index (χ4n) is 2.44. The molecule has 0 aliphatic carbocycles. The molecule has 2 aromatic rings. The van der Waals surface area contributed by atoms with Crippen LogP contribution in [0.25, 0.3) is 0 Å². The Bertz CT molecular complexity index is 918. The summed E-state index contributed by atoms with van der Waals surface area (Å²) in [7, 11) is -3.83. The fraction of sp³-hybridized carbons (Fsp3) is 0.368. The first-order valence-electron chi connectivity index (χ1n) is 8.44. The van der Waals surface area contributed by atoms with Crippen LogP contribution < -0.4 is 4.72 Å². The second-order valence-electron chi connectivity index (χ2n) is 6.62. The Morgan fingerprint density at radius 3 is 2.48 bits per heavy atom. The molecule has 0 fully saturated rings. The molecular formula is C19H23NO5S2. The summed E-state index contributed by atoms with van der Waals surface area (Å²) in [6, 6.07) is 7.46. The smallest absolute Gasteiger partial charge is 0.324 e. The minimum Gasteiger partial charge on any atom is -0.456 e. The third kappa shape index (κ3) is 5.47. The summed E-state index contributed by atoms with van der Waals surface area (Å²) in [5.41, 5.74) is 2.21. The third-order valence-electron chi connectivity index (χ3n) is 4.00. The Balaban J connectivity index is 2.07. The number of carbonyl (C=O) groups is 2. The number of ketones is 1. The van der Waals surface area contributed by atoms with Gasteiger partial charge in [0.25, 0.3) is 10.0 Å². The number of esters is 1. The molecule has 1 N–H and O–H groups in total. The number of rotatable bonds is 8. The van der Waals surface area contributed by atoms with E-state index in [4.69, 9.17) is 4.74 Å². The van der Waals surface area contributed by atoms with E-state index in [1.165, 1.54) is 6.07 Å². The van der Waals surface area contributed by atoms with Gasteiger partial charge in [0, 0.05) is 5.56 Å². The van der Waals surface area contributed by atoms with Gasteiger partial charge < -0.3 is 4.74 Å². The highest BCUT2D eigenvalue weighted by molar-refractivity contribution is 7.91. The van der Waals surface area contributed by atoms with Gasteiger partial charge in [0.05, 0.1) is 0 Å². The number of sulfonamides is 1. The maximum absolute atomic E-state index is 12.4. The largest absolute Gasteiger partial charge is 0.456 e. The van der Waals surface area contributed by atoms with Crippen molar-refractivity contribution in [3.05, 3.63) is 52.4 Å². The van der Waals surface area contributed by atoms with Crippen LogP contribution in [-0.4, -0.2) is 32.8 Å². The molecule has 0 saturated carbocycles. The molecule has 0 amide bonds. The number of hydrogen-bond acceptors (Lipinski definition) is 6. The molecule has 1 aromatic carbocycles. The van der Waals surface area contributed by atoms with Crippen molar-refractivity contribution in [1.29, 1.82) is 0 Å². The van der Waals surface area contributed by atoms with Gasteiger partial charge in [-0.15, -0.1) is 11.3 Å². The number of hydrogen-bond donors (Lipinski definition) is 1. The average Bonchev–Trinajstić information content (AvgIpc) is 3.15. The van der Waals surface area contributed by atoms with Crippen LogP contribution in [0, 0.1) is 19.8 Å². The Morgan fingerprint density at radius 1 is 1.19 bits per heavy atom. The molecule has 8 heteroatoms. The molecule has 27 heavy (non-hydrogen) atoms. The Labute approximate surface area is 163 Å². The van der Waals surface area contributed by atoms with Gasteiger partial charge in [0.15, 0.2) is 6.61 Å². The van der Waals surface area contributed by atoms with Gasteiger partial charge in [0.1, 0.15) is 10.3 Å². The van der Waals surface area contributed by atoms with Crippen LogP contribution >= 0.6 is 11.3 Å². The molecule has 0 radical (unpaired) electrons. The van der Waals surface area contributed by atoms with Gasteiger partial charge in [-0.25, -0.2) is 8.42 Å². The quantitative estimate of drug-likeness (QED) is 0.534. The van der Waals surface area contributed by atoms with E-state index in [1.54, 1.807) is 38.3 Å². The van der Waals surface area contributed by atoms with E-state index >= 15 is 0 Å². The van der Waals surface area contributed by atoms with Crippen molar-refractivity contribution in [3.63, 3.8) is 0 Å². The van der Waals surface area contributed by atoms with Gasteiger partial charge in [0.2, 0.25) is 5.78 Å². The summed E-state index contributed by atoms with van der Waals surface area (Å²) < 4.78 is 32.4. The van der Waals surface area contributed by atoms with Crippen molar-refractivity contribution in [3.8, 4) is 0 Å². The monoisotopic (exact) mass is 409 g/mol. The number of thiophene rings is 1. The maximum atomic E-state index is 12.4. The van der Waals surface area contributed by atoms with Crippen molar-refractivity contribution in [2.45, 2.75) is 37.9 Å². The molecular weight excluding hydrogens is 386 g/mol. The lowest BCUT2D eigenvalue weighted by Crippen LogP contribution is -2.45. The van der Waals surface area contributed by atoms with Crippen molar-refractivity contribution in [1.82, 2.24) is 4.72 Å². The molecule has 0 bridgehead atoms. The summed E-state index contributed by atoms with van der Waals surface area (Å²) in [5.74, 6) is -1.44. The Hall–Kier alpha value is -2.03. The summed E-state index contributed by atoms with van der Waals surface area (Å²) in [4.78, 5) is 24.8. The summed E-state index contributed by atoms with van der Waals surface area (Å²) >= 11 is 1.06. The van der Waals surface area contributed by atoms with Crippen LogP contribution in [0.1, 0.15) is 35.3 Å². The second kappa shape index (κ2) is 8.77. The normalized spacial score (nSPS) is 12.8. The molecule has 146 valence electrons. The highest BCUT2D eigenvalue weighted by atomic mass is 32.2. The first kappa shape index (κ1) is 21.3. The first-order chi connectivity index (χ1) is 12.6. The van der Waals surface area contributed by atoms with Crippen LogP contribution in [0.15, 0.2) is 39.9 Å². The molecule has 1 atom stereocenters. The molecule has 1 aromatic heterocycles. The number of ether oxygens (including phenoxy) is 1. The van der Waals surface area contributed by atoms with Gasteiger partial charge in [-0.2, -0.15) is 4.72 Å². The van der Waals surface area contributed by atoms with Crippen LogP contribution in [0.2, 0.25) is 0 Å². The minimum atomic E-state index is -3.83. The summed E-state index contributed by atoms with van der Waals surface area (Å²) in [6.07, 6.45) is 0. The van der Waals surface area contributed by atoms with E-state index in [9.17, 15) is 18.0 Å². The topological polar surface area (TPSA) is 89.5 Å². The Morgan fingerprint density at radius 2 is 1.89 bits per heavy atom. The van der Waals surface area contributed by atoms with E-state index in [0.29, 0.717) is 5.56 Å². The van der Waals surface area contributed by atoms with E-state index in [-0.39, 0.29) is 15.9 Å². The van der Waals surface area contributed by atoms with E-state index in [2.05, 4.69) is 4.72 Å². The molecule has 0 saturated heterocycles. The molecule has 6 nitrogen and oxygen atoms in total. The lowest BCUT2D eigenvalue weighted by molar-refractivity contribution is -0.145. The van der Waals surface area contributed by atoms with Gasteiger partial charge in [-0.05, 0) is 42.8 Å². The van der Waals surface area contributed by atoms with Gasteiger partial charge >= 0.3 is 5.97 Å². The van der Waals surface area contributed by atoms with Crippen LogP contribution in [-0.2, 0) is 19.6 Å². The second-order valence-corrected chi connectivity index (χ2v) is 9.51. The summed E-state index contributed by atoms with van der Waals surface area (Å²) in [5, 5.41) is 1.64. The number of benzene rings is 1. The molecule has 0 unspecified atom stereocenters. The minimum absolute atomic E-state index is 0.118. The highest BCUT2D eigenvalue weighted by Gasteiger charge is 2.30. The lowest BCUT2D eigenvalue weighted by Gasteiger charge is -2.20. The van der Waals surface area contributed by atoms with Crippen LogP contribution in [0.3, 0.4) is 0 Å². The summed E-state index contributed by atoms with van der Waals surface area (Å²) in [6.45, 7) is 6.65. The predicted molar refractivity (Wildman–Crippen MR) is 104 cm³/mol. The first-order valence-corrected chi connectivity index (χ1v) is 10.8. The van der Waals surface area contributed by atoms with E-state index in [0.717, 1.165) is 22.5 Å². The van der Waals surface area contributed by atoms with Crippen molar-refractivity contribution in [2.75, 3.05) is 6.61 Å². The third-order valence-corrected chi connectivity index (χ3v) is 6.84. The average molecular weight is 410 g/mol. The van der Waals surface area contributed by atoms with Gasteiger partial charge in [-0.1, -0.05) is 37.6 Å². The predicted octanol–water partition coefficient (Wildman–Crippen LogP) is 3.09. The van der Waals surface area contributed by atoms with E-state index < -0.39 is 28.6 Å². The molecule has 0 spiro atoms. The number of carbonyl (C=O) groups excluding carboxylic acids is 2. The maximum Gasteiger partial charge on any atom is 0.324 e. The van der Waals surface area contributed by atoms with Gasteiger partial charge in [-0.3, -0.25) is 9.59 Å². The zero-order valence-corrected chi connectivity index (χ0v) is 17.3. The highest BCUT2D eigenvalue weighted by Crippen LogP contribution is 2.18. The number of Topliss-reactive ketones (excluding diaryl/α,β-unsaturated/α-hetero) is 1. The van der Waals surface area contributed by atoms with Crippen molar-refractivity contribution < 1.29 is 22.7 Å². The number of nitrogens with one attached hydrogen (secondary N) is 1. The van der Waals surface area contributed by atoms with Crippen molar-refractivity contribution >= 4 is 33.1 Å². The standard InChI is InChI=1S/C19H23NO5S2/c1-12(2)18(20-27(23,24)17-6-5-9-26-17)19(22)25-11-16(21)15-10-13(3)7-8-14(15)4/h5-10,12,18,20H,11H2,1-4H3/t18-/m1/s1. The molecule has 0 aliphatic heterocycles. The van der Waals surface area contributed by atoms with Crippen molar-refractivity contribution in [2.24, 2.45) is 5.92 Å². The lowest BCUT2D eigenvalue weighted by atomic mass is 10.0. The molecule has 0 aliphatic rings.